The Balaban J connectivity index is 1.60. The molecular formula is C32H28I2N2O6S. The lowest BCUT2D eigenvalue weighted by Gasteiger charge is -2.26. The Labute approximate surface area is 279 Å². The number of methoxy groups -OCH3 is 2. The normalized spacial score (nSPS) is 14.7. The molecule has 0 fully saturated rings. The number of allylic oxidation sites excluding steroid dienone is 1. The van der Waals surface area contributed by atoms with Crippen LogP contribution in [0.5, 0.6) is 17.2 Å². The maximum Gasteiger partial charge on any atom is 0.338 e. The van der Waals surface area contributed by atoms with Crippen LogP contribution < -0.4 is 29.1 Å². The smallest absolute Gasteiger partial charge is 0.338 e. The number of esters is 1. The first-order valence-corrected chi connectivity index (χ1v) is 16.3. The number of halogens is 2. The van der Waals surface area contributed by atoms with Gasteiger partial charge in [-0.1, -0.05) is 41.7 Å². The van der Waals surface area contributed by atoms with Gasteiger partial charge < -0.3 is 18.9 Å². The molecule has 3 aromatic carbocycles. The van der Waals surface area contributed by atoms with Crippen LogP contribution in [0.2, 0.25) is 0 Å². The molecule has 5 rings (SSSR count). The third-order valence-electron chi connectivity index (χ3n) is 6.80. The average molecular weight is 822 g/mol. The number of rotatable bonds is 9. The van der Waals surface area contributed by atoms with E-state index >= 15 is 0 Å². The molecule has 1 atom stereocenters. The number of benzene rings is 3. The third-order valence-corrected chi connectivity index (χ3v) is 9.38. The first-order chi connectivity index (χ1) is 20.7. The Bertz CT molecular complexity index is 1880. The van der Waals surface area contributed by atoms with Gasteiger partial charge in [0.15, 0.2) is 4.80 Å². The summed E-state index contributed by atoms with van der Waals surface area (Å²) in [6.45, 7) is 4.15. The molecule has 8 nitrogen and oxygen atoms in total. The van der Waals surface area contributed by atoms with Crippen molar-refractivity contribution in [3.63, 3.8) is 0 Å². The molecule has 1 aliphatic rings. The van der Waals surface area contributed by atoms with E-state index in [1.165, 1.54) is 11.3 Å². The van der Waals surface area contributed by atoms with Crippen molar-refractivity contribution in [2.75, 3.05) is 20.8 Å². The molecule has 0 saturated heterocycles. The van der Waals surface area contributed by atoms with E-state index in [1.807, 2.05) is 48.5 Å². The molecule has 1 aliphatic heterocycles. The fraction of sp³-hybridized carbons (Fsp3) is 0.219. The second-order valence-electron chi connectivity index (χ2n) is 9.50. The number of carbonyl (C=O) groups is 1. The van der Waals surface area contributed by atoms with Crippen LogP contribution >= 0.6 is 56.5 Å². The zero-order valence-corrected chi connectivity index (χ0v) is 29.0. The van der Waals surface area contributed by atoms with Crippen LogP contribution in [0.1, 0.15) is 36.6 Å². The van der Waals surface area contributed by atoms with Gasteiger partial charge in [0.05, 0.1) is 43.8 Å². The van der Waals surface area contributed by atoms with Crippen LogP contribution in [0.25, 0.3) is 6.08 Å². The van der Waals surface area contributed by atoms with Crippen molar-refractivity contribution in [1.29, 1.82) is 0 Å². The Kier molecular flexibility index (Phi) is 9.92. The molecule has 1 unspecified atom stereocenters. The summed E-state index contributed by atoms with van der Waals surface area (Å²) in [5, 5.41) is 0. The first kappa shape index (κ1) is 31.3. The Morgan fingerprint density at radius 3 is 2.42 bits per heavy atom. The van der Waals surface area contributed by atoms with Crippen molar-refractivity contribution in [2.24, 2.45) is 4.99 Å². The van der Waals surface area contributed by atoms with Gasteiger partial charge in [-0.15, -0.1) is 0 Å². The standard InChI is InChI=1S/C32H28I2N2O6S/c1-5-41-31(38)27-18(2)35-32-36(28(27)22-12-11-21(39-3)16-25(22)40-4)30(37)26(43-32)15-20-13-23(33)29(24(34)14-20)42-17-19-9-7-6-8-10-19/h6-16,28H,5,17H2,1-4H3/b26-15-. The van der Waals surface area contributed by atoms with Crippen LogP contribution in [0.4, 0.5) is 0 Å². The summed E-state index contributed by atoms with van der Waals surface area (Å²) in [6.07, 6.45) is 1.85. The number of aromatic nitrogens is 1. The number of thiazole rings is 1. The molecule has 0 saturated carbocycles. The molecule has 4 aromatic rings. The van der Waals surface area contributed by atoms with Gasteiger partial charge >= 0.3 is 5.97 Å². The number of hydrogen-bond acceptors (Lipinski definition) is 8. The van der Waals surface area contributed by atoms with Gasteiger partial charge in [0.1, 0.15) is 29.9 Å². The highest BCUT2D eigenvalue weighted by molar-refractivity contribution is 14.1. The molecule has 0 spiro atoms. The first-order valence-electron chi connectivity index (χ1n) is 13.3. The number of hydrogen-bond donors (Lipinski definition) is 0. The lowest BCUT2D eigenvalue weighted by atomic mass is 9.95. The lowest BCUT2D eigenvalue weighted by molar-refractivity contribution is -0.139. The number of fused-ring (bicyclic) bond motifs is 1. The van der Waals surface area contributed by atoms with Gasteiger partial charge in [0.2, 0.25) is 0 Å². The molecule has 0 bridgehead atoms. The summed E-state index contributed by atoms with van der Waals surface area (Å²) in [6, 6.07) is 18.5. The number of nitrogens with zero attached hydrogens (tertiary/aromatic N) is 2. The lowest BCUT2D eigenvalue weighted by Crippen LogP contribution is -2.40. The van der Waals surface area contributed by atoms with Gasteiger partial charge in [-0.3, -0.25) is 9.36 Å². The van der Waals surface area contributed by atoms with Crippen LogP contribution in [-0.2, 0) is 16.1 Å². The minimum atomic E-state index is -0.799. The summed E-state index contributed by atoms with van der Waals surface area (Å²) in [5.41, 5.74) is 3.06. The van der Waals surface area contributed by atoms with Crippen molar-refractivity contribution in [2.45, 2.75) is 26.5 Å². The van der Waals surface area contributed by atoms with E-state index in [1.54, 1.807) is 50.8 Å². The summed E-state index contributed by atoms with van der Waals surface area (Å²) >= 11 is 5.78. The molecule has 2 heterocycles. The highest BCUT2D eigenvalue weighted by atomic mass is 127. The Morgan fingerprint density at radius 2 is 1.77 bits per heavy atom. The van der Waals surface area contributed by atoms with E-state index in [0.29, 0.717) is 38.7 Å². The molecule has 11 heteroatoms. The van der Waals surface area contributed by atoms with Crippen molar-refractivity contribution in [3.05, 3.63) is 115 Å². The molecule has 1 aromatic heterocycles. The highest BCUT2D eigenvalue weighted by Gasteiger charge is 2.35. The van der Waals surface area contributed by atoms with Crippen molar-refractivity contribution in [1.82, 2.24) is 4.57 Å². The quantitative estimate of drug-likeness (QED) is 0.162. The van der Waals surface area contributed by atoms with Crippen LogP contribution in [-0.4, -0.2) is 31.4 Å². The predicted molar refractivity (Wildman–Crippen MR) is 183 cm³/mol. The van der Waals surface area contributed by atoms with Crippen molar-refractivity contribution < 1.29 is 23.7 Å². The average Bonchev–Trinajstić information content (AvgIpc) is 3.30. The minimum Gasteiger partial charge on any atom is -0.497 e. The zero-order chi connectivity index (χ0) is 30.7. The molecule has 0 aliphatic carbocycles. The van der Waals surface area contributed by atoms with Crippen molar-refractivity contribution in [3.8, 4) is 17.2 Å². The van der Waals surface area contributed by atoms with Gasteiger partial charge in [0.25, 0.3) is 5.56 Å². The van der Waals surface area contributed by atoms with Crippen LogP contribution in [0.15, 0.2) is 81.7 Å². The summed E-state index contributed by atoms with van der Waals surface area (Å²) in [5.74, 6) is 1.33. The molecule has 0 N–H and O–H groups in total. The predicted octanol–water partition coefficient (Wildman–Crippen LogP) is 5.60. The molecule has 43 heavy (non-hydrogen) atoms. The molecule has 0 amide bonds. The van der Waals surface area contributed by atoms with Crippen molar-refractivity contribution >= 4 is 68.6 Å². The summed E-state index contributed by atoms with van der Waals surface area (Å²) < 4.78 is 26.5. The number of ether oxygens (including phenoxy) is 4. The third kappa shape index (κ3) is 6.53. The fourth-order valence-corrected chi connectivity index (χ4v) is 7.99. The second kappa shape index (κ2) is 13.6. The van der Waals surface area contributed by atoms with Crippen LogP contribution in [0.3, 0.4) is 0 Å². The Hall–Kier alpha value is -3.17. The number of carbonyl (C=O) groups excluding carboxylic acids is 1. The van der Waals surface area contributed by atoms with E-state index in [-0.39, 0.29) is 17.7 Å². The maximum absolute atomic E-state index is 14.1. The SMILES string of the molecule is CCOC(=O)C1=C(C)N=c2s/c(=C\c3cc(I)c(OCc4ccccc4)c(I)c3)c(=O)n2C1c1ccc(OC)cc1OC. The second-order valence-corrected chi connectivity index (χ2v) is 12.8. The zero-order valence-electron chi connectivity index (χ0n) is 23.9. The van der Waals surface area contributed by atoms with Gasteiger partial charge in [0, 0.05) is 11.6 Å². The Morgan fingerprint density at radius 1 is 1.05 bits per heavy atom. The molecule has 222 valence electrons. The maximum atomic E-state index is 14.1. The van der Waals surface area contributed by atoms with E-state index < -0.39 is 12.0 Å². The summed E-state index contributed by atoms with van der Waals surface area (Å²) in [4.78, 5) is 32.5. The molecule has 0 radical (unpaired) electrons. The van der Waals surface area contributed by atoms with E-state index in [2.05, 4.69) is 50.2 Å². The van der Waals surface area contributed by atoms with Crippen LogP contribution in [0, 0.1) is 7.14 Å². The largest absolute Gasteiger partial charge is 0.497 e. The minimum absolute atomic E-state index is 0.189. The van der Waals surface area contributed by atoms with E-state index in [4.69, 9.17) is 18.9 Å². The molecular weight excluding hydrogens is 794 g/mol. The van der Waals surface area contributed by atoms with E-state index in [9.17, 15) is 9.59 Å². The monoisotopic (exact) mass is 822 g/mol. The van der Waals surface area contributed by atoms with Gasteiger partial charge in [-0.25, -0.2) is 9.79 Å². The van der Waals surface area contributed by atoms with E-state index in [0.717, 1.165) is 24.0 Å². The highest BCUT2D eigenvalue weighted by Crippen LogP contribution is 2.37. The van der Waals surface area contributed by atoms with Gasteiger partial charge in [-0.2, -0.15) is 0 Å². The van der Waals surface area contributed by atoms with Gasteiger partial charge in [-0.05, 0) is 100 Å². The topological polar surface area (TPSA) is 88.4 Å². The summed E-state index contributed by atoms with van der Waals surface area (Å²) in [7, 11) is 3.11. The fourth-order valence-electron chi connectivity index (χ4n) is 4.81.